The van der Waals surface area contributed by atoms with Crippen LogP contribution in [0.1, 0.15) is 11.1 Å². The second kappa shape index (κ2) is 5.46. The standard InChI is InChI=1S/C15H16ClN3S/c1-11-7-14(20-15(11)16)13-4-3-12(8-17-13)9-19-6-5-18(2)10-19/h3-8H,9-10H2,1-2H3. The van der Waals surface area contributed by atoms with Crippen molar-refractivity contribution in [1.29, 1.82) is 0 Å². The maximum atomic E-state index is 6.11. The Morgan fingerprint density at radius 2 is 2.20 bits per heavy atom. The summed E-state index contributed by atoms with van der Waals surface area (Å²) in [5.74, 6) is 0. The van der Waals surface area contributed by atoms with Crippen molar-refractivity contribution in [2.75, 3.05) is 13.7 Å². The summed E-state index contributed by atoms with van der Waals surface area (Å²) < 4.78 is 0.844. The van der Waals surface area contributed by atoms with Crippen LogP contribution < -0.4 is 0 Å². The molecule has 0 saturated carbocycles. The smallest absolute Gasteiger partial charge is 0.0964 e. The number of nitrogens with zero attached hydrogens (tertiary/aromatic N) is 3. The fraction of sp³-hybridized carbons (Fsp3) is 0.267. The van der Waals surface area contributed by atoms with E-state index >= 15 is 0 Å². The minimum absolute atomic E-state index is 0.844. The van der Waals surface area contributed by atoms with E-state index in [1.807, 2.05) is 13.1 Å². The quantitative estimate of drug-likeness (QED) is 0.856. The molecule has 0 fully saturated rings. The number of thiophene rings is 1. The van der Waals surface area contributed by atoms with Crippen molar-refractivity contribution in [2.45, 2.75) is 13.5 Å². The molecule has 0 bridgehead atoms. The topological polar surface area (TPSA) is 19.4 Å². The highest BCUT2D eigenvalue weighted by Gasteiger charge is 2.10. The number of aromatic nitrogens is 1. The Hall–Kier alpha value is -1.52. The first-order valence-electron chi connectivity index (χ1n) is 6.45. The van der Waals surface area contributed by atoms with Gasteiger partial charge in [-0.3, -0.25) is 4.98 Å². The summed E-state index contributed by atoms with van der Waals surface area (Å²) in [5, 5.41) is 0. The molecule has 20 heavy (non-hydrogen) atoms. The number of halogens is 1. The van der Waals surface area contributed by atoms with Crippen molar-refractivity contribution in [2.24, 2.45) is 0 Å². The molecule has 0 atom stereocenters. The number of rotatable bonds is 3. The van der Waals surface area contributed by atoms with E-state index in [0.717, 1.165) is 33.7 Å². The van der Waals surface area contributed by atoms with E-state index < -0.39 is 0 Å². The molecule has 3 nitrogen and oxygen atoms in total. The average Bonchev–Trinajstić information content (AvgIpc) is 2.98. The van der Waals surface area contributed by atoms with Crippen LogP contribution in [0.15, 0.2) is 36.8 Å². The molecule has 104 valence electrons. The van der Waals surface area contributed by atoms with Gasteiger partial charge in [-0.15, -0.1) is 11.3 Å². The highest BCUT2D eigenvalue weighted by molar-refractivity contribution is 7.19. The first kappa shape index (κ1) is 13.5. The predicted octanol–water partition coefficient (Wildman–Crippen LogP) is 3.95. The molecule has 0 saturated heterocycles. The molecule has 0 unspecified atom stereocenters. The van der Waals surface area contributed by atoms with Gasteiger partial charge >= 0.3 is 0 Å². The van der Waals surface area contributed by atoms with Crippen LogP contribution in [0.2, 0.25) is 4.34 Å². The third-order valence-corrected chi connectivity index (χ3v) is 4.83. The van der Waals surface area contributed by atoms with Gasteiger partial charge in [0.05, 0.1) is 21.6 Å². The lowest BCUT2D eigenvalue weighted by atomic mass is 10.2. The van der Waals surface area contributed by atoms with Crippen molar-refractivity contribution in [3.63, 3.8) is 0 Å². The van der Waals surface area contributed by atoms with E-state index in [1.165, 1.54) is 5.56 Å². The highest BCUT2D eigenvalue weighted by Crippen LogP contribution is 2.33. The molecule has 0 spiro atoms. The fourth-order valence-corrected chi connectivity index (χ4v) is 3.35. The fourth-order valence-electron chi connectivity index (χ4n) is 2.18. The first-order chi connectivity index (χ1) is 9.61. The Bertz CT molecular complexity index is 614. The van der Waals surface area contributed by atoms with E-state index in [-0.39, 0.29) is 0 Å². The van der Waals surface area contributed by atoms with Gasteiger partial charge in [0.1, 0.15) is 0 Å². The lowest BCUT2D eigenvalue weighted by Crippen LogP contribution is -2.21. The third-order valence-electron chi connectivity index (χ3n) is 3.26. The lowest BCUT2D eigenvalue weighted by molar-refractivity contribution is 0.290. The molecule has 0 N–H and O–H groups in total. The second-order valence-electron chi connectivity index (χ2n) is 5.06. The predicted molar refractivity (Wildman–Crippen MR) is 84.6 cm³/mol. The van der Waals surface area contributed by atoms with E-state index in [4.69, 9.17) is 11.6 Å². The molecular weight excluding hydrogens is 290 g/mol. The van der Waals surface area contributed by atoms with Gasteiger partial charge in [0.25, 0.3) is 0 Å². The van der Waals surface area contributed by atoms with Crippen LogP contribution in [-0.2, 0) is 6.54 Å². The Morgan fingerprint density at radius 1 is 1.35 bits per heavy atom. The van der Waals surface area contributed by atoms with Gasteiger partial charge in [0, 0.05) is 32.2 Å². The number of hydrogen-bond donors (Lipinski definition) is 0. The Labute approximate surface area is 128 Å². The van der Waals surface area contributed by atoms with Crippen molar-refractivity contribution in [1.82, 2.24) is 14.8 Å². The van der Waals surface area contributed by atoms with Gasteiger partial charge in [-0.25, -0.2) is 0 Å². The van der Waals surface area contributed by atoms with Crippen LogP contribution in [0.4, 0.5) is 0 Å². The second-order valence-corrected chi connectivity index (χ2v) is 6.72. The summed E-state index contributed by atoms with van der Waals surface area (Å²) in [6, 6.07) is 6.30. The minimum Gasteiger partial charge on any atom is -0.362 e. The van der Waals surface area contributed by atoms with Crippen LogP contribution in [-0.4, -0.2) is 28.5 Å². The zero-order valence-corrected chi connectivity index (χ0v) is 13.1. The molecule has 3 heterocycles. The summed E-state index contributed by atoms with van der Waals surface area (Å²) in [6.45, 7) is 3.84. The molecule has 3 rings (SSSR count). The summed E-state index contributed by atoms with van der Waals surface area (Å²) in [4.78, 5) is 10.1. The summed E-state index contributed by atoms with van der Waals surface area (Å²) >= 11 is 7.69. The summed E-state index contributed by atoms with van der Waals surface area (Å²) in [6.07, 6.45) is 6.14. The summed E-state index contributed by atoms with van der Waals surface area (Å²) in [7, 11) is 2.07. The van der Waals surface area contributed by atoms with Crippen LogP contribution in [0.3, 0.4) is 0 Å². The van der Waals surface area contributed by atoms with E-state index in [1.54, 1.807) is 11.3 Å². The molecule has 0 aliphatic carbocycles. The first-order valence-corrected chi connectivity index (χ1v) is 7.65. The normalized spacial score (nSPS) is 14.3. The highest BCUT2D eigenvalue weighted by atomic mass is 35.5. The maximum Gasteiger partial charge on any atom is 0.0964 e. The third kappa shape index (κ3) is 2.81. The van der Waals surface area contributed by atoms with Crippen molar-refractivity contribution in [3.05, 3.63) is 52.3 Å². The van der Waals surface area contributed by atoms with E-state index in [9.17, 15) is 0 Å². The molecule has 1 aliphatic rings. The van der Waals surface area contributed by atoms with Gasteiger partial charge < -0.3 is 9.80 Å². The maximum absolute atomic E-state index is 6.11. The van der Waals surface area contributed by atoms with E-state index in [2.05, 4.69) is 52.4 Å². The van der Waals surface area contributed by atoms with Crippen LogP contribution in [0.25, 0.3) is 10.6 Å². The summed E-state index contributed by atoms with van der Waals surface area (Å²) in [5.41, 5.74) is 3.32. The minimum atomic E-state index is 0.844. The zero-order chi connectivity index (χ0) is 14.1. The van der Waals surface area contributed by atoms with Gasteiger partial charge in [-0.05, 0) is 30.2 Å². The van der Waals surface area contributed by atoms with E-state index in [0.29, 0.717) is 0 Å². The number of pyridine rings is 1. The molecule has 0 amide bonds. The van der Waals surface area contributed by atoms with Gasteiger partial charge in [-0.1, -0.05) is 17.7 Å². The largest absolute Gasteiger partial charge is 0.362 e. The van der Waals surface area contributed by atoms with Crippen molar-refractivity contribution >= 4 is 22.9 Å². The lowest BCUT2D eigenvalue weighted by Gasteiger charge is -2.17. The van der Waals surface area contributed by atoms with Crippen LogP contribution >= 0.6 is 22.9 Å². The van der Waals surface area contributed by atoms with Gasteiger partial charge in [-0.2, -0.15) is 0 Å². The van der Waals surface area contributed by atoms with Crippen molar-refractivity contribution in [3.8, 4) is 10.6 Å². The zero-order valence-electron chi connectivity index (χ0n) is 11.5. The van der Waals surface area contributed by atoms with Crippen LogP contribution in [0.5, 0.6) is 0 Å². The molecule has 0 radical (unpaired) electrons. The SMILES string of the molecule is Cc1cc(-c2ccc(CN3C=CN(C)C3)cn2)sc1Cl. The van der Waals surface area contributed by atoms with Gasteiger partial charge in [0.2, 0.25) is 0 Å². The van der Waals surface area contributed by atoms with Gasteiger partial charge in [0.15, 0.2) is 0 Å². The molecule has 2 aromatic rings. The monoisotopic (exact) mass is 305 g/mol. The average molecular weight is 306 g/mol. The Morgan fingerprint density at radius 3 is 2.75 bits per heavy atom. The molecule has 1 aliphatic heterocycles. The molecule has 0 aromatic carbocycles. The molecule has 2 aromatic heterocycles. The van der Waals surface area contributed by atoms with Crippen molar-refractivity contribution < 1.29 is 0 Å². The molecular formula is C15H16ClN3S. The Kier molecular flexibility index (Phi) is 3.68. The number of hydrogen-bond acceptors (Lipinski definition) is 4. The number of aryl methyl sites for hydroxylation is 1. The van der Waals surface area contributed by atoms with Crippen LogP contribution in [0, 0.1) is 6.92 Å². The Balaban J connectivity index is 1.73. The molecule has 5 heteroatoms.